The number of alkyl carbamates (subject to hydrolysis) is 1. The van der Waals surface area contributed by atoms with Gasteiger partial charge in [-0.15, -0.1) is 11.3 Å². The topological polar surface area (TPSA) is 153 Å². The second-order valence-electron chi connectivity index (χ2n) is 10.5. The van der Waals surface area contributed by atoms with E-state index in [0.29, 0.717) is 39.4 Å². The SMILES string of the molecule is CC(C)(C)OC(=O)NCCCC(=O)Nc1cccc(-c2cc(-c3ccccc3O)nc(NC(=O)c3cccs3)c2C#N)c1. The molecule has 0 saturated heterocycles. The quantitative estimate of drug-likeness (QED) is 0.160. The summed E-state index contributed by atoms with van der Waals surface area (Å²) in [4.78, 5) is 42.3. The highest BCUT2D eigenvalue weighted by atomic mass is 32.1. The van der Waals surface area contributed by atoms with Crippen LogP contribution >= 0.6 is 11.3 Å². The molecule has 0 saturated carbocycles. The highest BCUT2D eigenvalue weighted by Gasteiger charge is 2.20. The molecule has 43 heavy (non-hydrogen) atoms. The number of benzene rings is 2. The molecule has 4 aromatic rings. The Balaban J connectivity index is 1.58. The number of carbonyl (C=O) groups excluding carboxylic acids is 3. The van der Waals surface area contributed by atoms with Crippen LogP contribution < -0.4 is 16.0 Å². The van der Waals surface area contributed by atoms with Gasteiger partial charge in [0, 0.05) is 29.8 Å². The second kappa shape index (κ2) is 13.6. The van der Waals surface area contributed by atoms with Crippen LogP contribution in [0.2, 0.25) is 0 Å². The highest BCUT2D eigenvalue weighted by Crippen LogP contribution is 2.36. The van der Waals surface area contributed by atoms with Gasteiger partial charge in [-0.3, -0.25) is 9.59 Å². The first-order chi connectivity index (χ1) is 20.5. The highest BCUT2D eigenvalue weighted by molar-refractivity contribution is 7.12. The van der Waals surface area contributed by atoms with Crippen LogP contribution in [0.1, 0.15) is 48.8 Å². The number of phenolic OH excluding ortho intramolecular Hbond substituents is 1. The molecule has 0 aliphatic rings. The minimum absolute atomic E-state index is 0.0108. The normalized spacial score (nSPS) is 10.8. The van der Waals surface area contributed by atoms with Crippen LogP contribution in [0.3, 0.4) is 0 Å². The molecule has 2 heterocycles. The molecule has 0 atom stereocenters. The maximum atomic E-state index is 12.9. The van der Waals surface area contributed by atoms with Crippen LogP contribution in [-0.2, 0) is 9.53 Å². The first-order valence-electron chi connectivity index (χ1n) is 13.5. The van der Waals surface area contributed by atoms with Crippen molar-refractivity contribution in [1.29, 1.82) is 5.26 Å². The predicted octanol–water partition coefficient (Wildman–Crippen LogP) is 6.55. The Morgan fingerprint density at radius 1 is 1.00 bits per heavy atom. The maximum Gasteiger partial charge on any atom is 0.407 e. The summed E-state index contributed by atoms with van der Waals surface area (Å²) in [6, 6.07) is 20.8. The summed E-state index contributed by atoms with van der Waals surface area (Å²) < 4.78 is 5.19. The minimum Gasteiger partial charge on any atom is -0.507 e. The number of nitrogens with one attached hydrogen (secondary N) is 3. The summed E-state index contributed by atoms with van der Waals surface area (Å²) in [6.07, 6.45) is 0.0281. The molecule has 220 valence electrons. The van der Waals surface area contributed by atoms with E-state index in [-0.39, 0.29) is 36.0 Å². The van der Waals surface area contributed by atoms with Crippen molar-refractivity contribution in [3.8, 4) is 34.2 Å². The number of hydrogen-bond acceptors (Lipinski definition) is 8. The first kappa shape index (κ1) is 30.7. The zero-order valence-electron chi connectivity index (χ0n) is 23.9. The standard InChI is InChI=1S/C32H31N5O5S/c1-32(2,3)42-31(41)34-15-7-14-28(39)35-21-10-6-9-20(17-21)23-18-25(22-11-4-5-12-26(22)38)36-29(24(23)19-33)37-30(40)27-13-8-16-43-27/h4-6,8-13,16-18,38H,7,14-15H2,1-3H3,(H,34,41)(H,35,39)(H,36,37,40). The predicted molar refractivity (Wildman–Crippen MR) is 166 cm³/mol. The number of amides is 3. The zero-order chi connectivity index (χ0) is 31.0. The van der Waals surface area contributed by atoms with E-state index in [0.717, 1.165) is 0 Å². The lowest BCUT2D eigenvalue weighted by molar-refractivity contribution is -0.116. The van der Waals surface area contributed by atoms with Crippen LogP contribution in [0, 0.1) is 11.3 Å². The number of hydrogen-bond donors (Lipinski definition) is 4. The molecule has 4 rings (SSSR count). The molecule has 2 aromatic carbocycles. The van der Waals surface area contributed by atoms with Gasteiger partial charge in [-0.25, -0.2) is 9.78 Å². The average Bonchev–Trinajstić information content (AvgIpc) is 3.50. The molecule has 0 spiro atoms. The van der Waals surface area contributed by atoms with Crippen molar-refractivity contribution in [2.24, 2.45) is 0 Å². The molecule has 0 radical (unpaired) electrons. The average molecular weight is 598 g/mol. The van der Waals surface area contributed by atoms with Crippen LogP contribution in [0.5, 0.6) is 5.75 Å². The third-order valence-corrected chi connectivity index (χ3v) is 6.86. The summed E-state index contributed by atoms with van der Waals surface area (Å²) in [6.45, 7) is 5.59. The van der Waals surface area contributed by atoms with Gasteiger partial charge in [0.1, 0.15) is 23.0 Å². The fourth-order valence-electron chi connectivity index (χ4n) is 4.12. The summed E-state index contributed by atoms with van der Waals surface area (Å²) in [5.74, 6) is -0.634. The third kappa shape index (κ3) is 8.40. The molecule has 0 bridgehead atoms. The van der Waals surface area contributed by atoms with Crippen molar-refractivity contribution in [3.05, 3.63) is 82.6 Å². The van der Waals surface area contributed by atoms with Crippen molar-refractivity contribution in [2.75, 3.05) is 17.2 Å². The number of pyridine rings is 1. The summed E-state index contributed by atoms with van der Waals surface area (Å²) in [7, 11) is 0. The Kier molecular flexibility index (Phi) is 9.75. The van der Waals surface area contributed by atoms with Crippen molar-refractivity contribution < 1.29 is 24.2 Å². The largest absolute Gasteiger partial charge is 0.507 e. The monoisotopic (exact) mass is 597 g/mol. The molecular formula is C32H31N5O5S. The van der Waals surface area contributed by atoms with Gasteiger partial charge in [0.2, 0.25) is 5.91 Å². The summed E-state index contributed by atoms with van der Waals surface area (Å²) >= 11 is 1.26. The van der Waals surface area contributed by atoms with Crippen molar-refractivity contribution in [1.82, 2.24) is 10.3 Å². The number of rotatable bonds is 9. The van der Waals surface area contributed by atoms with Gasteiger partial charge in [-0.05, 0) is 74.5 Å². The Bertz CT molecular complexity index is 1670. The van der Waals surface area contributed by atoms with E-state index in [1.807, 2.05) is 0 Å². The Labute approximate surface area is 253 Å². The van der Waals surface area contributed by atoms with Gasteiger partial charge in [0.15, 0.2) is 5.82 Å². The molecule has 10 nitrogen and oxygen atoms in total. The minimum atomic E-state index is -0.606. The third-order valence-electron chi connectivity index (χ3n) is 5.99. The molecule has 11 heteroatoms. The lowest BCUT2D eigenvalue weighted by atomic mass is 9.97. The van der Waals surface area contributed by atoms with Crippen molar-refractivity contribution >= 4 is 40.7 Å². The number of anilines is 2. The van der Waals surface area contributed by atoms with Crippen LogP contribution in [0.4, 0.5) is 16.3 Å². The number of phenols is 1. The smallest absolute Gasteiger partial charge is 0.407 e. The van der Waals surface area contributed by atoms with E-state index in [1.165, 1.54) is 17.4 Å². The van der Waals surface area contributed by atoms with Gasteiger partial charge in [0.05, 0.1) is 10.6 Å². The number of ether oxygens (including phenoxy) is 1. The Morgan fingerprint density at radius 3 is 2.49 bits per heavy atom. The Morgan fingerprint density at radius 2 is 1.79 bits per heavy atom. The van der Waals surface area contributed by atoms with Gasteiger partial charge >= 0.3 is 6.09 Å². The Hall–Kier alpha value is -5.21. The number of aromatic hydroxyl groups is 1. The molecule has 0 aliphatic carbocycles. The van der Waals surface area contributed by atoms with Crippen LogP contribution in [0.15, 0.2) is 72.1 Å². The van der Waals surface area contributed by atoms with Crippen molar-refractivity contribution in [2.45, 2.75) is 39.2 Å². The van der Waals surface area contributed by atoms with E-state index in [4.69, 9.17) is 4.74 Å². The number of nitrogens with zero attached hydrogens (tertiary/aromatic N) is 2. The maximum absolute atomic E-state index is 12.9. The molecule has 3 amide bonds. The summed E-state index contributed by atoms with van der Waals surface area (Å²) in [5.41, 5.74) is 1.83. The van der Waals surface area contributed by atoms with Gasteiger partial charge < -0.3 is 25.8 Å². The van der Waals surface area contributed by atoms with E-state index in [2.05, 4.69) is 27.0 Å². The molecule has 0 unspecified atom stereocenters. The van der Waals surface area contributed by atoms with E-state index >= 15 is 0 Å². The van der Waals surface area contributed by atoms with E-state index in [1.54, 1.807) is 86.8 Å². The molecular weight excluding hydrogens is 566 g/mol. The second-order valence-corrected chi connectivity index (χ2v) is 11.4. The lowest BCUT2D eigenvalue weighted by Gasteiger charge is -2.19. The first-order valence-corrected chi connectivity index (χ1v) is 14.4. The number of carbonyl (C=O) groups is 3. The van der Waals surface area contributed by atoms with Crippen LogP contribution in [-0.4, -0.2) is 40.1 Å². The van der Waals surface area contributed by atoms with E-state index in [9.17, 15) is 24.8 Å². The zero-order valence-corrected chi connectivity index (χ0v) is 24.7. The number of para-hydroxylation sites is 1. The number of nitriles is 1. The number of aromatic nitrogens is 1. The molecule has 4 N–H and O–H groups in total. The number of thiophene rings is 1. The fraction of sp³-hybridized carbons (Fsp3) is 0.219. The van der Waals surface area contributed by atoms with Gasteiger partial charge in [-0.1, -0.05) is 30.3 Å². The molecule has 0 aliphatic heterocycles. The lowest BCUT2D eigenvalue weighted by Crippen LogP contribution is -2.33. The van der Waals surface area contributed by atoms with Crippen molar-refractivity contribution in [3.63, 3.8) is 0 Å². The van der Waals surface area contributed by atoms with Crippen LogP contribution in [0.25, 0.3) is 22.4 Å². The molecule has 0 fully saturated rings. The summed E-state index contributed by atoms with van der Waals surface area (Å²) in [5, 5.41) is 30.7. The van der Waals surface area contributed by atoms with E-state index < -0.39 is 17.6 Å². The van der Waals surface area contributed by atoms with Gasteiger partial charge in [0.25, 0.3) is 5.91 Å². The van der Waals surface area contributed by atoms with Gasteiger partial charge in [-0.2, -0.15) is 5.26 Å². The fourth-order valence-corrected chi connectivity index (χ4v) is 4.74. The molecule has 2 aromatic heterocycles.